The highest BCUT2D eigenvalue weighted by atomic mass is 35.5. The van der Waals surface area contributed by atoms with Gasteiger partial charge in [-0.15, -0.1) is 0 Å². The lowest BCUT2D eigenvalue weighted by molar-refractivity contribution is 0.0878. The number of piperazine rings is 1. The lowest BCUT2D eigenvalue weighted by atomic mass is 10.2. The number of carbonyl (C=O) groups excluding carboxylic acids is 1. The number of anilines is 2. The maximum absolute atomic E-state index is 13.1. The van der Waals surface area contributed by atoms with Crippen LogP contribution in [0.5, 0.6) is 5.75 Å². The summed E-state index contributed by atoms with van der Waals surface area (Å²) < 4.78 is 23.1. The summed E-state index contributed by atoms with van der Waals surface area (Å²) >= 11 is 13.1. The van der Waals surface area contributed by atoms with Crippen molar-refractivity contribution in [2.75, 3.05) is 49.7 Å². The number of nitrogens with zero attached hydrogens (tertiary/aromatic N) is 11. The van der Waals surface area contributed by atoms with Crippen molar-refractivity contribution in [3.63, 3.8) is 0 Å². The molecule has 3 aromatic carbocycles. The van der Waals surface area contributed by atoms with Crippen LogP contribution in [0, 0.1) is 0 Å². The molecule has 318 valence electrons. The number of aromatic nitrogens is 8. The van der Waals surface area contributed by atoms with Crippen molar-refractivity contribution in [1.29, 1.82) is 0 Å². The first-order valence-electron chi connectivity index (χ1n) is 20.2. The van der Waals surface area contributed by atoms with Gasteiger partial charge in [0.1, 0.15) is 24.9 Å². The Morgan fingerprint density at radius 3 is 2.33 bits per heavy atom. The maximum atomic E-state index is 13.1. The molecule has 18 heteroatoms. The van der Waals surface area contributed by atoms with Crippen LogP contribution in [0.4, 0.5) is 16.7 Å². The largest absolute Gasteiger partial charge is 0.497 e. The van der Waals surface area contributed by atoms with E-state index < -0.39 is 8.07 Å². The summed E-state index contributed by atoms with van der Waals surface area (Å²) in [5.74, 6) is 2.53. The van der Waals surface area contributed by atoms with Gasteiger partial charge in [-0.05, 0) is 41.4 Å². The van der Waals surface area contributed by atoms with Gasteiger partial charge in [-0.2, -0.15) is 24.7 Å². The molecule has 1 amide bonds. The standard InChI is InChI=1S/C43H49Cl2N11O4Si/c1-51-26-32(23-46-51)34-24-47-56-40(34)49-41(52-15-17-53(18-16-52)43(57)60-28-31-9-7-6-8-10-31)50-42(56)54(25-30-11-13-33(58-2)14-12-30)27-39-48-37-21-35(44)36(45)22-38(37)55(39)29-59-19-20-61(3,4)5/h6-14,21-24,26H,15-20,25,27-29H2,1-5H3. The van der Waals surface area contributed by atoms with Gasteiger partial charge in [-0.25, -0.2) is 9.78 Å². The van der Waals surface area contributed by atoms with E-state index in [9.17, 15) is 4.79 Å². The molecule has 0 radical (unpaired) electrons. The molecule has 1 fully saturated rings. The Labute approximate surface area is 365 Å². The van der Waals surface area contributed by atoms with Crippen molar-refractivity contribution >= 4 is 65.9 Å². The first kappa shape index (κ1) is 42.0. The molecular formula is C43H49Cl2N11O4Si. The summed E-state index contributed by atoms with van der Waals surface area (Å²) in [5.41, 5.74) is 5.74. The molecule has 1 aliphatic rings. The van der Waals surface area contributed by atoms with E-state index in [1.165, 1.54) is 0 Å². The lowest BCUT2D eigenvalue weighted by Gasteiger charge is -2.34. The van der Waals surface area contributed by atoms with Gasteiger partial charge in [0.05, 0.1) is 47.1 Å². The second kappa shape index (κ2) is 18.1. The Kier molecular flexibility index (Phi) is 12.5. The van der Waals surface area contributed by atoms with E-state index in [1.54, 1.807) is 39.7 Å². The predicted octanol–water partition coefficient (Wildman–Crippen LogP) is 8.17. The second-order valence-corrected chi connectivity index (χ2v) is 22.7. The third-order valence-electron chi connectivity index (χ3n) is 10.6. The van der Waals surface area contributed by atoms with E-state index in [4.69, 9.17) is 57.5 Å². The highest BCUT2D eigenvalue weighted by molar-refractivity contribution is 6.76. The minimum absolute atomic E-state index is 0.212. The zero-order chi connectivity index (χ0) is 42.7. The molecule has 15 nitrogen and oxygen atoms in total. The number of imidazole rings is 1. The number of hydrogen-bond acceptors (Lipinski definition) is 11. The van der Waals surface area contributed by atoms with Gasteiger partial charge in [0.15, 0.2) is 5.65 Å². The first-order chi connectivity index (χ1) is 29.4. The Morgan fingerprint density at radius 2 is 1.62 bits per heavy atom. The number of ether oxygens (including phenoxy) is 3. The van der Waals surface area contributed by atoms with Crippen LogP contribution in [0.25, 0.3) is 27.8 Å². The Balaban J connectivity index is 1.18. The van der Waals surface area contributed by atoms with Gasteiger partial charge in [0.25, 0.3) is 0 Å². The van der Waals surface area contributed by atoms with Crippen LogP contribution in [0.2, 0.25) is 35.7 Å². The minimum atomic E-state index is -1.34. The molecule has 0 N–H and O–H groups in total. The van der Waals surface area contributed by atoms with Crippen molar-refractivity contribution in [1.82, 2.24) is 43.8 Å². The number of amides is 1. The van der Waals surface area contributed by atoms with E-state index >= 15 is 0 Å². The fourth-order valence-electron chi connectivity index (χ4n) is 7.15. The molecule has 0 saturated carbocycles. The van der Waals surface area contributed by atoms with E-state index in [0.717, 1.165) is 45.4 Å². The van der Waals surface area contributed by atoms with Crippen molar-refractivity contribution in [2.24, 2.45) is 7.05 Å². The summed E-state index contributed by atoms with van der Waals surface area (Å²) in [6.07, 6.45) is 5.19. The van der Waals surface area contributed by atoms with Gasteiger partial charge in [0.2, 0.25) is 11.9 Å². The number of methoxy groups -OCH3 is 1. The van der Waals surface area contributed by atoms with Gasteiger partial charge in [-0.1, -0.05) is 85.3 Å². The van der Waals surface area contributed by atoms with E-state index in [2.05, 4.69) is 39.1 Å². The fraction of sp³-hybridized carbons (Fsp3) is 0.349. The molecule has 61 heavy (non-hydrogen) atoms. The molecular weight excluding hydrogens is 834 g/mol. The number of carbonyl (C=O) groups is 1. The molecule has 0 spiro atoms. The fourth-order valence-corrected chi connectivity index (χ4v) is 8.22. The zero-order valence-corrected chi connectivity index (χ0v) is 37.5. The van der Waals surface area contributed by atoms with Crippen molar-refractivity contribution < 1.29 is 19.0 Å². The molecule has 1 aliphatic heterocycles. The molecule has 0 unspecified atom stereocenters. The van der Waals surface area contributed by atoms with Gasteiger partial charge in [0, 0.05) is 71.8 Å². The van der Waals surface area contributed by atoms with Crippen LogP contribution in [-0.2, 0) is 42.9 Å². The number of rotatable bonds is 15. The van der Waals surface area contributed by atoms with Gasteiger partial charge in [-0.3, -0.25) is 4.68 Å². The molecule has 0 atom stereocenters. The Bertz CT molecular complexity index is 2620. The van der Waals surface area contributed by atoms with Crippen LogP contribution in [0.15, 0.2) is 85.3 Å². The smallest absolute Gasteiger partial charge is 0.410 e. The Hall–Kier alpha value is -5.68. The van der Waals surface area contributed by atoms with E-state index in [-0.39, 0.29) is 19.4 Å². The Morgan fingerprint density at radius 1 is 0.869 bits per heavy atom. The zero-order valence-electron chi connectivity index (χ0n) is 35.0. The molecule has 7 aromatic rings. The maximum Gasteiger partial charge on any atom is 0.410 e. The van der Waals surface area contributed by atoms with Gasteiger partial charge >= 0.3 is 6.09 Å². The quantitative estimate of drug-likeness (QED) is 0.0730. The molecule has 4 aromatic heterocycles. The summed E-state index contributed by atoms with van der Waals surface area (Å²) in [5, 5.41) is 10.2. The van der Waals surface area contributed by atoms with Crippen molar-refractivity contribution in [3.05, 3.63) is 112 Å². The van der Waals surface area contributed by atoms with Crippen LogP contribution in [0.1, 0.15) is 17.0 Å². The first-order valence-corrected chi connectivity index (χ1v) is 24.6. The third kappa shape index (κ3) is 9.78. The normalized spacial score (nSPS) is 13.4. The highest BCUT2D eigenvalue weighted by Gasteiger charge is 2.28. The van der Waals surface area contributed by atoms with E-state index in [1.807, 2.05) is 73.9 Å². The van der Waals surface area contributed by atoms with Crippen molar-refractivity contribution in [3.8, 4) is 16.9 Å². The van der Waals surface area contributed by atoms with Crippen LogP contribution >= 0.6 is 23.2 Å². The topological polar surface area (TPSA) is 133 Å². The van der Waals surface area contributed by atoms with Crippen LogP contribution < -0.4 is 14.5 Å². The number of halogens is 2. The minimum Gasteiger partial charge on any atom is -0.497 e. The molecule has 5 heterocycles. The molecule has 8 rings (SSSR count). The van der Waals surface area contributed by atoms with E-state index in [0.29, 0.717) is 79.0 Å². The molecule has 0 bridgehead atoms. The third-order valence-corrected chi connectivity index (χ3v) is 13.0. The summed E-state index contributed by atoms with van der Waals surface area (Å²) in [4.78, 5) is 34.6. The van der Waals surface area contributed by atoms with Gasteiger partial charge < -0.3 is 33.5 Å². The SMILES string of the molecule is COc1ccc(CN(Cc2nc3cc(Cl)c(Cl)cc3n2COCC[Si](C)(C)C)c2nc(N3CCN(C(=O)OCc4ccccc4)CC3)nc3c(-c4cnn(C)c4)cnn23)cc1. The summed E-state index contributed by atoms with van der Waals surface area (Å²) in [6.45, 7) is 10.7. The number of benzene rings is 3. The monoisotopic (exact) mass is 881 g/mol. The molecule has 0 aliphatic carbocycles. The number of aryl methyl sites for hydroxylation is 1. The average Bonchev–Trinajstić information content (AvgIpc) is 3.98. The highest BCUT2D eigenvalue weighted by Crippen LogP contribution is 2.32. The predicted molar refractivity (Wildman–Crippen MR) is 240 cm³/mol. The molecule has 1 saturated heterocycles. The lowest BCUT2D eigenvalue weighted by Crippen LogP contribution is -2.49. The van der Waals surface area contributed by atoms with Crippen LogP contribution in [-0.4, -0.2) is 97.9 Å². The number of hydrogen-bond donors (Lipinski definition) is 0. The van der Waals surface area contributed by atoms with Crippen molar-refractivity contribution in [2.45, 2.75) is 52.1 Å². The summed E-state index contributed by atoms with van der Waals surface area (Å²) in [6, 6.07) is 22.3. The summed E-state index contributed by atoms with van der Waals surface area (Å²) in [7, 11) is 2.19. The average molecular weight is 883 g/mol. The second-order valence-electron chi connectivity index (χ2n) is 16.3. The van der Waals surface area contributed by atoms with Crippen LogP contribution in [0.3, 0.4) is 0 Å². The number of fused-ring (bicyclic) bond motifs is 2.